The number of hydrogen-bond donors (Lipinski definition) is 1. The Morgan fingerprint density at radius 1 is 1.56 bits per heavy atom. The highest BCUT2D eigenvalue weighted by Crippen LogP contribution is 2.30. The molecule has 0 saturated carbocycles. The first-order valence-corrected chi connectivity index (χ1v) is 6.01. The van der Waals surface area contributed by atoms with Crippen LogP contribution in [0, 0.1) is 5.82 Å². The fourth-order valence-corrected chi connectivity index (χ4v) is 2.01. The molecule has 4 nitrogen and oxygen atoms in total. The Kier molecular flexibility index (Phi) is 3.47. The number of aromatic carboxylic acids is 1. The van der Waals surface area contributed by atoms with Crippen LogP contribution in [0.25, 0.3) is 11.3 Å². The molecular weight excluding hydrogens is 305 g/mol. The van der Waals surface area contributed by atoms with E-state index in [2.05, 4.69) is 21.1 Å². The molecule has 0 fully saturated rings. The van der Waals surface area contributed by atoms with E-state index in [4.69, 9.17) is 9.63 Å². The van der Waals surface area contributed by atoms with E-state index in [-0.39, 0.29) is 22.6 Å². The second-order valence-corrected chi connectivity index (χ2v) is 4.53. The second-order valence-electron chi connectivity index (χ2n) is 3.61. The van der Waals surface area contributed by atoms with Gasteiger partial charge in [-0.15, -0.1) is 0 Å². The van der Waals surface area contributed by atoms with Gasteiger partial charge in [-0.25, -0.2) is 9.18 Å². The molecule has 1 aromatic heterocycles. The van der Waals surface area contributed by atoms with Gasteiger partial charge in [-0.05, 0) is 18.2 Å². The number of rotatable bonds is 3. The molecule has 0 amide bonds. The first-order valence-electron chi connectivity index (χ1n) is 5.21. The molecule has 94 valence electrons. The lowest BCUT2D eigenvalue weighted by Gasteiger charge is -2.01. The maximum absolute atomic E-state index is 13.7. The SMILES string of the molecule is CCc1onc(-c2cc(Br)ccc2F)c1C(=O)O. The highest BCUT2D eigenvalue weighted by molar-refractivity contribution is 9.10. The number of hydrogen-bond acceptors (Lipinski definition) is 3. The van der Waals surface area contributed by atoms with Crippen molar-refractivity contribution in [1.82, 2.24) is 5.16 Å². The van der Waals surface area contributed by atoms with Crippen molar-refractivity contribution in [1.29, 1.82) is 0 Å². The van der Waals surface area contributed by atoms with E-state index in [1.807, 2.05) is 0 Å². The van der Waals surface area contributed by atoms with Gasteiger partial charge in [0, 0.05) is 16.5 Å². The standard InChI is InChI=1S/C12H9BrFNO3/c1-2-9-10(12(16)17)11(15-18-9)7-5-6(13)3-4-8(7)14/h3-5H,2H2,1H3,(H,16,17). The van der Waals surface area contributed by atoms with E-state index in [0.29, 0.717) is 10.9 Å². The molecule has 0 bridgehead atoms. The zero-order valence-corrected chi connectivity index (χ0v) is 11.0. The minimum Gasteiger partial charge on any atom is -0.477 e. The largest absolute Gasteiger partial charge is 0.477 e. The van der Waals surface area contributed by atoms with Crippen LogP contribution in [0.15, 0.2) is 27.2 Å². The quantitative estimate of drug-likeness (QED) is 0.942. The van der Waals surface area contributed by atoms with E-state index >= 15 is 0 Å². The minimum absolute atomic E-state index is 0.0122. The van der Waals surface area contributed by atoms with E-state index in [0.717, 1.165) is 0 Å². The molecule has 1 N–H and O–H groups in total. The van der Waals surface area contributed by atoms with Crippen LogP contribution in [0.5, 0.6) is 0 Å². The summed E-state index contributed by atoms with van der Waals surface area (Å²) in [7, 11) is 0. The maximum atomic E-state index is 13.7. The van der Waals surface area contributed by atoms with Crippen LogP contribution >= 0.6 is 15.9 Å². The van der Waals surface area contributed by atoms with E-state index in [9.17, 15) is 9.18 Å². The van der Waals surface area contributed by atoms with Gasteiger partial charge in [-0.2, -0.15) is 0 Å². The van der Waals surface area contributed by atoms with Crippen LogP contribution in [0.1, 0.15) is 23.0 Å². The number of benzene rings is 1. The Hall–Kier alpha value is -1.69. The van der Waals surface area contributed by atoms with Gasteiger partial charge < -0.3 is 9.63 Å². The van der Waals surface area contributed by atoms with Crippen molar-refractivity contribution in [3.63, 3.8) is 0 Å². The number of aryl methyl sites for hydroxylation is 1. The summed E-state index contributed by atoms with van der Waals surface area (Å²) < 4.78 is 19.3. The van der Waals surface area contributed by atoms with Crippen molar-refractivity contribution < 1.29 is 18.8 Å². The predicted octanol–water partition coefficient (Wildman–Crippen LogP) is 3.50. The molecule has 1 heterocycles. The first kappa shape index (κ1) is 12.8. The van der Waals surface area contributed by atoms with Gasteiger partial charge in [0.05, 0.1) is 0 Å². The lowest BCUT2D eigenvalue weighted by Crippen LogP contribution is -2.01. The molecule has 2 rings (SSSR count). The van der Waals surface area contributed by atoms with E-state index in [1.54, 1.807) is 6.92 Å². The third-order valence-corrected chi connectivity index (χ3v) is 2.97. The molecule has 0 saturated heterocycles. The molecule has 2 aromatic rings. The van der Waals surface area contributed by atoms with Gasteiger partial charge in [-0.1, -0.05) is 28.0 Å². The molecule has 0 atom stereocenters. The summed E-state index contributed by atoms with van der Waals surface area (Å²) in [5, 5.41) is 12.8. The predicted molar refractivity (Wildman–Crippen MR) is 65.9 cm³/mol. The Labute approximate surface area is 111 Å². The van der Waals surface area contributed by atoms with Crippen LogP contribution in [-0.2, 0) is 6.42 Å². The van der Waals surface area contributed by atoms with Crippen molar-refractivity contribution in [2.75, 3.05) is 0 Å². The van der Waals surface area contributed by atoms with Gasteiger partial charge in [-0.3, -0.25) is 0 Å². The summed E-state index contributed by atoms with van der Waals surface area (Å²) in [6, 6.07) is 4.24. The number of carboxylic acids is 1. The third-order valence-electron chi connectivity index (χ3n) is 2.48. The summed E-state index contributed by atoms with van der Waals surface area (Å²) in [5.74, 6) is -1.49. The number of carbonyl (C=O) groups is 1. The van der Waals surface area contributed by atoms with Gasteiger partial charge in [0.25, 0.3) is 0 Å². The Bertz CT molecular complexity index is 609. The molecule has 18 heavy (non-hydrogen) atoms. The van der Waals surface area contributed by atoms with Gasteiger partial charge in [0.2, 0.25) is 0 Å². The van der Waals surface area contributed by atoms with Crippen LogP contribution in [0.4, 0.5) is 4.39 Å². The molecule has 0 radical (unpaired) electrons. The third kappa shape index (κ3) is 2.15. The molecule has 0 unspecified atom stereocenters. The van der Waals surface area contributed by atoms with Crippen molar-refractivity contribution in [2.45, 2.75) is 13.3 Å². The summed E-state index contributed by atoms with van der Waals surface area (Å²) in [6.07, 6.45) is 0.379. The molecule has 0 spiro atoms. The lowest BCUT2D eigenvalue weighted by atomic mass is 10.0. The van der Waals surface area contributed by atoms with Gasteiger partial charge in [0.15, 0.2) is 5.76 Å². The number of halogens is 2. The Morgan fingerprint density at radius 2 is 2.28 bits per heavy atom. The molecule has 0 aliphatic carbocycles. The number of nitrogens with zero attached hydrogens (tertiary/aromatic N) is 1. The molecule has 0 aliphatic rings. The maximum Gasteiger partial charge on any atom is 0.341 e. The highest BCUT2D eigenvalue weighted by Gasteiger charge is 2.24. The van der Waals surface area contributed by atoms with Crippen molar-refractivity contribution >= 4 is 21.9 Å². The average Bonchev–Trinajstić information content (AvgIpc) is 2.75. The van der Waals surface area contributed by atoms with E-state index in [1.165, 1.54) is 18.2 Å². The zero-order chi connectivity index (χ0) is 13.3. The van der Waals surface area contributed by atoms with Gasteiger partial charge >= 0.3 is 5.97 Å². The highest BCUT2D eigenvalue weighted by atomic mass is 79.9. The minimum atomic E-state index is -1.18. The van der Waals surface area contributed by atoms with E-state index < -0.39 is 11.8 Å². The fourth-order valence-electron chi connectivity index (χ4n) is 1.65. The van der Waals surface area contributed by atoms with Crippen LogP contribution in [-0.4, -0.2) is 16.2 Å². The van der Waals surface area contributed by atoms with Crippen LogP contribution < -0.4 is 0 Å². The normalized spacial score (nSPS) is 10.6. The molecular formula is C12H9BrFNO3. The summed E-state index contributed by atoms with van der Waals surface area (Å²) in [6.45, 7) is 1.74. The van der Waals surface area contributed by atoms with Gasteiger partial charge in [0.1, 0.15) is 17.1 Å². The van der Waals surface area contributed by atoms with Crippen LogP contribution in [0.2, 0.25) is 0 Å². The van der Waals surface area contributed by atoms with Crippen molar-refractivity contribution in [2.24, 2.45) is 0 Å². The summed E-state index contributed by atoms with van der Waals surface area (Å²) >= 11 is 3.21. The lowest BCUT2D eigenvalue weighted by molar-refractivity contribution is 0.0695. The number of carboxylic acid groups (broad SMARTS) is 1. The molecule has 6 heteroatoms. The summed E-state index contributed by atoms with van der Waals surface area (Å²) in [4.78, 5) is 11.2. The zero-order valence-electron chi connectivity index (χ0n) is 9.41. The monoisotopic (exact) mass is 313 g/mol. The average molecular weight is 314 g/mol. The number of aromatic nitrogens is 1. The molecule has 0 aliphatic heterocycles. The smallest absolute Gasteiger partial charge is 0.341 e. The van der Waals surface area contributed by atoms with Crippen molar-refractivity contribution in [3.05, 3.63) is 39.8 Å². The Balaban J connectivity index is 2.67. The Morgan fingerprint density at radius 3 is 2.89 bits per heavy atom. The van der Waals surface area contributed by atoms with Crippen LogP contribution in [0.3, 0.4) is 0 Å². The second kappa shape index (κ2) is 4.89. The van der Waals surface area contributed by atoms with Crippen molar-refractivity contribution in [3.8, 4) is 11.3 Å². The first-order chi connectivity index (χ1) is 8.54. The topological polar surface area (TPSA) is 63.3 Å². The summed E-state index contributed by atoms with van der Waals surface area (Å²) in [5.41, 5.74) is 0.0258. The molecule has 1 aromatic carbocycles. The fraction of sp³-hybridized carbons (Fsp3) is 0.167.